The zero-order valence-electron chi connectivity index (χ0n) is 13.8. The Balaban J connectivity index is 1.44. The van der Waals surface area contributed by atoms with Crippen molar-refractivity contribution in [2.45, 2.75) is 19.7 Å². The predicted molar refractivity (Wildman–Crippen MR) is 90.9 cm³/mol. The van der Waals surface area contributed by atoms with E-state index >= 15 is 0 Å². The minimum atomic E-state index is -1.30. The molecule has 0 aliphatic rings. The maximum absolute atomic E-state index is 13.1. The molecule has 0 spiro atoms. The van der Waals surface area contributed by atoms with E-state index in [-0.39, 0.29) is 11.8 Å². The lowest BCUT2D eigenvalue weighted by Crippen LogP contribution is -1.98. The molecule has 1 unspecified atom stereocenters. The highest BCUT2D eigenvalue weighted by Crippen LogP contribution is 2.22. The average molecular weight is 351 g/mol. The van der Waals surface area contributed by atoms with Crippen LogP contribution < -0.4 is 4.74 Å². The first-order valence-corrected chi connectivity index (χ1v) is 7.95. The van der Waals surface area contributed by atoms with Crippen LogP contribution >= 0.6 is 0 Å². The Morgan fingerprint density at radius 3 is 2.62 bits per heavy atom. The molecule has 0 N–H and O–H groups in total. The quantitative estimate of drug-likeness (QED) is 0.542. The van der Waals surface area contributed by atoms with Crippen molar-refractivity contribution in [3.8, 4) is 17.2 Å². The van der Waals surface area contributed by atoms with Crippen LogP contribution in [-0.4, -0.2) is 25.1 Å². The van der Waals surface area contributed by atoms with Crippen molar-refractivity contribution in [1.29, 1.82) is 0 Å². The lowest BCUT2D eigenvalue weighted by atomic mass is 10.2. The van der Waals surface area contributed by atoms with Crippen LogP contribution in [0.25, 0.3) is 22.5 Å². The van der Waals surface area contributed by atoms with Gasteiger partial charge >= 0.3 is 0 Å². The lowest BCUT2D eigenvalue weighted by molar-refractivity contribution is 0.300. The number of aromatic nitrogens is 5. The zero-order valence-corrected chi connectivity index (χ0v) is 13.8. The fourth-order valence-corrected chi connectivity index (χ4v) is 2.34. The summed E-state index contributed by atoms with van der Waals surface area (Å²) in [6.07, 6.45) is 3.57. The second-order valence-electron chi connectivity index (χ2n) is 5.60. The summed E-state index contributed by atoms with van der Waals surface area (Å²) < 4.78 is 24.2. The number of fused-ring (bicyclic) bond motifs is 1. The molecule has 0 aliphatic carbocycles. The van der Waals surface area contributed by atoms with Gasteiger partial charge in [-0.25, -0.2) is 4.39 Å². The molecule has 130 valence electrons. The molecule has 3 heterocycles. The maximum atomic E-state index is 13.1. The van der Waals surface area contributed by atoms with Gasteiger partial charge in [-0.1, -0.05) is 0 Å². The van der Waals surface area contributed by atoms with E-state index in [1.165, 1.54) is 6.92 Å². The van der Waals surface area contributed by atoms with Crippen LogP contribution in [0.1, 0.15) is 24.7 Å². The maximum Gasteiger partial charge on any atom is 0.250 e. The second-order valence-corrected chi connectivity index (χ2v) is 5.60. The Labute approximate surface area is 147 Å². The standard InChI is InChI=1S/C18H14FN5O2/c1-11(19)17-23-24-18(26-17)12-2-3-13(22-9-12)10-25-14-4-5-15-16(8-14)21-7-6-20-15/h2-9,11H,10H2,1H3. The highest BCUT2D eigenvalue weighted by atomic mass is 19.1. The van der Waals surface area contributed by atoms with Gasteiger partial charge in [0.25, 0.3) is 5.89 Å². The van der Waals surface area contributed by atoms with Gasteiger partial charge in [0.1, 0.15) is 12.4 Å². The monoisotopic (exact) mass is 351 g/mol. The van der Waals surface area contributed by atoms with Crippen molar-refractivity contribution in [2.24, 2.45) is 0 Å². The molecule has 0 radical (unpaired) electrons. The summed E-state index contributed by atoms with van der Waals surface area (Å²) in [4.78, 5) is 12.8. The van der Waals surface area contributed by atoms with E-state index in [4.69, 9.17) is 9.15 Å². The Morgan fingerprint density at radius 2 is 1.88 bits per heavy atom. The molecule has 4 rings (SSSR count). The summed E-state index contributed by atoms with van der Waals surface area (Å²) in [5, 5.41) is 7.48. The molecule has 0 saturated carbocycles. The number of rotatable bonds is 5. The Kier molecular flexibility index (Phi) is 4.22. The number of benzene rings is 1. The Morgan fingerprint density at radius 1 is 1.04 bits per heavy atom. The third kappa shape index (κ3) is 3.34. The van der Waals surface area contributed by atoms with Crippen molar-refractivity contribution in [3.05, 3.63) is 60.5 Å². The van der Waals surface area contributed by atoms with Gasteiger partial charge in [0.15, 0.2) is 6.17 Å². The minimum Gasteiger partial charge on any atom is -0.487 e. The SMILES string of the molecule is CC(F)c1nnc(-c2ccc(COc3ccc4nccnc4c3)nc2)o1. The van der Waals surface area contributed by atoms with Crippen LogP contribution in [-0.2, 0) is 6.61 Å². The van der Waals surface area contributed by atoms with Crippen LogP contribution in [0.5, 0.6) is 5.75 Å². The van der Waals surface area contributed by atoms with Crippen LogP contribution in [0.15, 0.2) is 53.3 Å². The minimum absolute atomic E-state index is 0.0492. The van der Waals surface area contributed by atoms with E-state index in [9.17, 15) is 4.39 Å². The van der Waals surface area contributed by atoms with Crippen molar-refractivity contribution in [3.63, 3.8) is 0 Å². The average Bonchev–Trinajstić information content (AvgIpc) is 3.17. The number of ether oxygens (including phenoxy) is 1. The molecule has 1 aromatic carbocycles. The summed E-state index contributed by atoms with van der Waals surface area (Å²) in [5.41, 5.74) is 2.92. The van der Waals surface area contributed by atoms with Crippen molar-refractivity contribution < 1.29 is 13.5 Å². The summed E-state index contributed by atoms with van der Waals surface area (Å²) >= 11 is 0. The molecule has 0 bridgehead atoms. The summed E-state index contributed by atoms with van der Waals surface area (Å²) in [7, 11) is 0. The molecule has 0 aliphatic heterocycles. The fraction of sp³-hybridized carbons (Fsp3) is 0.167. The van der Waals surface area contributed by atoms with Gasteiger partial charge in [0, 0.05) is 24.7 Å². The topological polar surface area (TPSA) is 86.8 Å². The van der Waals surface area contributed by atoms with Gasteiger partial charge < -0.3 is 9.15 Å². The predicted octanol–water partition coefficient (Wildman–Crippen LogP) is 3.68. The largest absolute Gasteiger partial charge is 0.487 e. The number of nitrogens with zero attached hydrogens (tertiary/aromatic N) is 5. The van der Waals surface area contributed by atoms with Crippen LogP contribution in [0.4, 0.5) is 4.39 Å². The van der Waals surface area contributed by atoms with Gasteiger partial charge in [0.2, 0.25) is 5.89 Å². The first kappa shape index (κ1) is 16.1. The number of pyridine rings is 1. The highest BCUT2D eigenvalue weighted by molar-refractivity contribution is 5.75. The molecule has 4 aromatic rings. The molecule has 26 heavy (non-hydrogen) atoms. The number of hydrogen-bond acceptors (Lipinski definition) is 7. The van der Waals surface area contributed by atoms with E-state index in [1.807, 2.05) is 18.2 Å². The smallest absolute Gasteiger partial charge is 0.250 e. The molecular formula is C18H14FN5O2. The third-order valence-electron chi connectivity index (χ3n) is 3.68. The Bertz CT molecular complexity index is 1030. The van der Waals surface area contributed by atoms with Gasteiger partial charge in [-0.15, -0.1) is 10.2 Å². The first-order valence-electron chi connectivity index (χ1n) is 7.95. The molecule has 7 nitrogen and oxygen atoms in total. The van der Waals surface area contributed by atoms with Gasteiger partial charge in [-0.05, 0) is 31.2 Å². The molecule has 1 atom stereocenters. The van der Waals surface area contributed by atoms with E-state index in [0.29, 0.717) is 17.9 Å². The number of halogens is 1. The fourth-order valence-electron chi connectivity index (χ4n) is 2.34. The van der Waals surface area contributed by atoms with E-state index in [1.54, 1.807) is 30.7 Å². The van der Waals surface area contributed by atoms with Crippen LogP contribution in [0.2, 0.25) is 0 Å². The third-order valence-corrected chi connectivity index (χ3v) is 3.68. The summed E-state index contributed by atoms with van der Waals surface area (Å²) in [6, 6.07) is 9.09. The van der Waals surface area contributed by atoms with Crippen LogP contribution in [0.3, 0.4) is 0 Å². The van der Waals surface area contributed by atoms with Crippen molar-refractivity contribution >= 4 is 11.0 Å². The van der Waals surface area contributed by atoms with Gasteiger partial charge in [0.05, 0.1) is 22.3 Å². The highest BCUT2D eigenvalue weighted by Gasteiger charge is 2.14. The van der Waals surface area contributed by atoms with E-state index in [2.05, 4.69) is 25.1 Å². The van der Waals surface area contributed by atoms with Crippen LogP contribution in [0, 0.1) is 0 Å². The first-order chi connectivity index (χ1) is 12.7. The molecule has 0 fully saturated rings. The summed E-state index contributed by atoms with van der Waals surface area (Å²) in [5.74, 6) is 0.867. The van der Waals surface area contributed by atoms with Gasteiger partial charge in [-0.2, -0.15) is 0 Å². The van der Waals surface area contributed by atoms with Crippen molar-refractivity contribution in [1.82, 2.24) is 25.1 Å². The molecule has 0 saturated heterocycles. The normalized spacial score (nSPS) is 12.2. The molecule has 0 amide bonds. The molecule has 3 aromatic heterocycles. The summed E-state index contributed by atoms with van der Waals surface area (Å²) in [6.45, 7) is 1.64. The van der Waals surface area contributed by atoms with E-state index in [0.717, 1.165) is 16.7 Å². The van der Waals surface area contributed by atoms with Crippen molar-refractivity contribution in [2.75, 3.05) is 0 Å². The number of alkyl halides is 1. The molecule has 8 heteroatoms. The second kappa shape index (κ2) is 6.83. The zero-order chi connectivity index (χ0) is 17.9. The lowest BCUT2D eigenvalue weighted by Gasteiger charge is -2.06. The number of hydrogen-bond donors (Lipinski definition) is 0. The van der Waals surface area contributed by atoms with E-state index < -0.39 is 6.17 Å². The van der Waals surface area contributed by atoms with Gasteiger partial charge in [-0.3, -0.25) is 15.0 Å². The molecular weight excluding hydrogens is 337 g/mol. The Hall–Kier alpha value is -3.42.